The summed E-state index contributed by atoms with van der Waals surface area (Å²) in [6.07, 6.45) is 0. The van der Waals surface area contributed by atoms with Crippen molar-refractivity contribution in [2.75, 3.05) is 0 Å². The quantitative estimate of drug-likeness (QED) is 0.658. The molecule has 0 fully saturated rings. The lowest BCUT2D eigenvalue weighted by molar-refractivity contribution is 0.0375. The van der Waals surface area contributed by atoms with Crippen LogP contribution in [0.25, 0.3) is 10.9 Å². The summed E-state index contributed by atoms with van der Waals surface area (Å²) in [6, 6.07) is 10.2. The number of nitrogens with zero attached hydrogens (tertiary/aromatic N) is 2. The standard InChI is InChI=1S/C14H10N2O5/c17-10-3-1-2-8-4-5-9(15-13(8)10)14(20)21-16-11(18)6-7-12(16)19/h1-7,17-19H. The number of aromatic hydroxyl groups is 3. The van der Waals surface area contributed by atoms with Gasteiger partial charge in [-0.05, 0) is 12.1 Å². The molecule has 0 atom stereocenters. The van der Waals surface area contributed by atoms with Gasteiger partial charge < -0.3 is 20.2 Å². The Labute approximate surface area is 118 Å². The molecule has 3 aromatic rings. The maximum atomic E-state index is 12.0. The average Bonchev–Trinajstić information content (AvgIpc) is 2.79. The predicted octanol–water partition coefficient (Wildman–Crippen LogP) is 1.42. The highest BCUT2D eigenvalue weighted by Crippen LogP contribution is 2.23. The maximum absolute atomic E-state index is 12.0. The van der Waals surface area contributed by atoms with Gasteiger partial charge in [-0.25, -0.2) is 9.78 Å². The first-order valence-electron chi connectivity index (χ1n) is 5.97. The van der Waals surface area contributed by atoms with Gasteiger partial charge in [0.15, 0.2) is 5.69 Å². The fourth-order valence-electron chi connectivity index (χ4n) is 1.87. The molecule has 3 N–H and O–H groups in total. The van der Waals surface area contributed by atoms with Crippen LogP contribution < -0.4 is 4.84 Å². The summed E-state index contributed by atoms with van der Waals surface area (Å²) in [7, 11) is 0. The molecule has 0 amide bonds. The predicted molar refractivity (Wildman–Crippen MR) is 72.1 cm³/mol. The number of phenols is 1. The Morgan fingerprint density at radius 3 is 2.43 bits per heavy atom. The molecule has 2 heterocycles. The van der Waals surface area contributed by atoms with Gasteiger partial charge in [-0.2, -0.15) is 0 Å². The second kappa shape index (κ2) is 4.71. The van der Waals surface area contributed by atoms with Crippen LogP contribution in [0.4, 0.5) is 0 Å². The Morgan fingerprint density at radius 2 is 1.71 bits per heavy atom. The lowest BCUT2D eigenvalue weighted by Crippen LogP contribution is -2.20. The number of hydrogen-bond acceptors (Lipinski definition) is 6. The summed E-state index contributed by atoms with van der Waals surface area (Å²) in [6.45, 7) is 0. The van der Waals surface area contributed by atoms with Crippen molar-refractivity contribution in [2.45, 2.75) is 0 Å². The molecular formula is C14H10N2O5. The minimum absolute atomic E-state index is 0.0613. The third-order valence-corrected chi connectivity index (χ3v) is 2.88. The summed E-state index contributed by atoms with van der Waals surface area (Å²) in [4.78, 5) is 20.8. The number of benzene rings is 1. The number of aromatic nitrogens is 2. The van der Waals surface area contributed by atoms with Gasteiger partial charge in [0.2, 0.25) is 11.8 Å². The van der Waals surface area contributed by atoms with Crippen LogP contribution >= 0.6 is 0 Å². The van der Waals surface area contributed by atoms with Gasteiger partial charge in [0.05, 0.1) is 0 Å². The van der Waals surface area contributed by atoms with Crippen molar-refractivity contribution in [3.63, 3.8) is 0 Å². The zero-order valence-electron chi connectivity index (χ0n) is 10.6. The smallest absolute Gasteiger partial charge is 0.382 e. The number of carbonyl (C=O) groups excluding carboxylic acids is 1. The first kappa shape index (κ1) is 12.8. The van der Waals surface area contributed by atoms with E-state index >= 15 is 0 Å². The van der Waals surface area contributed by atoms with Crippen molar-refractivity contribution in [1.82, 2.24) is 9.71 Å². The van der Waals surface area contributed by atoms with Crippen LogP contribution in [0.1, 0.15) is 10.5 Å². The normalized spacial score (nSPS) is 10.7. The van der Waals surface area contributed by atoms with Crippen LogP contribution in [0, 0.1) is 0 Å². The van der Waals surface area contributed by atoms with Gasteiger partial charge in [-0.15, -0.1) is 4.73 Å². The van der Waals surface area contributed by atoms with Gasteiger partial charge >= 0.3 is 5.97 Å². The summed E-state index contributed by atoms with van der Waals surface area (Å²) < 4.78 is 0.569. The molecule has 0 aliphatic heterocycles. The lowest BCUT2D eigenvalue weighted by Gasteiger charge is -2.07. The monoisotopic (exact) mass is 286 g/mol. The number of carbonyl (C=O) groups is 1. The second-order valence-corrected chi connectivity index (χ2v) is 4.27. The minimum atomic E-state index is -0.887. The largest absolute Gasteiger partial charge is 0.506 e. The summed E-state index contributed by atoms with van der Waals surface area (Å²) >= 11 is 0. The maximum Gasteiger partial charge on any atom is 0.382 e. The number of fused-ring (bicyclic) bond motifs is 1. The highest BCUT2D eigenvalue weighted by atomic mass is 16.7. The van der Waals surface area contributed by atoms with Gasteiger partial charge in [0.25, 0.3) is 0 Å². The molecule has 2 aromatic heterocycles. The van der Waals surface area contributed by atoms with E-state index in [0.717, 1.165) is 0 Å². The first-order chi connectivity index (χ1) is 10.1. The molecule has 0 aliphatic rings. The van der Waals surface area contributed by atoms with E-state index < -0.39 is 17.7 Å². The molecule has 106 valence electrons. The Morgan fingerprint density at radius 1 is 1.00 bits per heavy atom. The second-order valence-electron chi connectivity index (χ2n) is 4.27. The molecular weight excluding hydrogens is 276 g/mol. The Balaban J connectivity index is 1.97. The van der Waals surface area contributed by atoms with E-state index in [2.05, 4.69) is 4.98 Å². The van der Waals surface area contributed by atoms with Crippen molar-refractivity contribution in [2.24, 2.45) is 0 Å². The molecule has 0 saturated heterocycles. The zero-order valence-corrected chi connectivity index (χ0v) is 10.6. The highest BCUT2D eigenvalue weighted by molar-refractivity contribution is 5.92. The lowest BCUT2D eigenvalue weighted by atomic mass is 10.2. The molecule has 0 spiro atoms. The summed E-state index contributed by atoms with van der Waals surface area (Å²) in [5, 5.41) is 29.2. The van der Waals surface area contributed by atoms with E-state index in [0.29, 0.717) is 10.1 Å². The molecule has 3 rings (SSSR count). The molecule has 0 saturated carbocycles. The Hall–Kier alpha value is -3.22. The molecule has 0 unspecified atom stereocenters. The average molecular weight is 286 g/mol. The fourth-order valence-corrected chi connectivity index (χ4v) is 1.87. The van der Waals surface area contributed by atoms with Crippen molar-refractivity contribution in [1.29, 1.82) is 0 Å². The Bertz CT molecular complexity index is 821. The summed E-state index contributed by atoms with van der Waals surface area (Å²) in [5.74, 6) is -1.80. The minimum Gasteiger partial charge on any atom is -0.506 e. The van der Waals surface area contributed by atoms with Crippen LogP contribution in [0.5, 0.6) is 17.5 Å². The van der Waals surface area contributed by atoms with E-state index in [9.17, 15) is 20.1 Å². The van der Waals surface area contributed by atoms with Crippen LogP contribution in [-0.2, 0) is 0 Å². The number of rotatable bonds is 2. The molecule has 0 aliphatic carbocycles. The van der Waals surface area contributed by atoms with Crippen LogP contribution in [0.2, 0.25) is 0 Å². The molecule has 1 aromatic carbocycles. The van der Waals surface area contributed by atoms with Crippen LogP contribution in [-0.4, -0.2) is 31.0 Å². The van der Waals surface area contributed by atoms with Gasteiger partial charge in [-0.3, -0.25) is 0 Å². The van der Waals surface area contributed by atoms with Crippen LogP contribution in [0.15, 0.2) is 42.5 Å². The third kappa shape index (κ3) is 2.20. The van der Waals surface area contributed by atoms with Crippen LogP contribution in [0.3, 0.4) is 0 Å². The van der Waals surface area contributed by atoms with Crippen molar-refractivity contribution >= 4 is 16.9 Å². The topological polar surface area (TPSA) is 105 Å². The molecule has 21 heavy (non-hydrogen) atoms. The van der Waals surface area contributed by atoms with Gasteiger partial charge in [0, 0.05) is 17.5 Å². The van der Waals surface area contributed by atoms with E-state index in [-0.39, 0.29) is 17.0 Å². The number of para-hydroxylation sites is 1. The molecule has 7 nitrogen and oxygen atoms in total. The zero-order chi connectivity index (χ0) is 15.0. The molecule has 7 heteroatoms. The summed E-state index contributed by atoms with van der Waals surface area (Å²) in [5.41, 5.74) is 0.185. The van der Waals surface area contributed by atoms with Crippen molar-refractivity contribution in [3.05, 3.63) is 48.2 Å². The SMILES string of the molecule is O=C(On1c(O)ccc1O)c1ccc2cccc(O)c2n1. The van der Waals surface area contributed by atoms with Gasteiger partial charge in [0.1, 0.15) is 11.3 Å². The highest BCUT2D eigenvalue weighted by Gasteiger charge is 2.16. The van der Waals surface area contributed by atoms with E-state index in [1.54, 1.807) is 18.2 Å². The Kier molecular flexibility index (Phi) is 2.87. The van der Waals surface area contributed by atoms with E-state index in [1.165, 1.54) is 24.3 Å². The van der Waals surface area contributed by atoms with Crippen molar-refractivity contribution in [3.8, 4) is 17.5 Å². The molecule has 0 radical (unpaired) electrons. The molecule has 0 bridgehead atoms. The third-order valence-electron chi connectivity index (χ3n) is 2.88. The number of pyridine rings is 1. The van der Waals surface area contributed by atoms with Gasteiger partial charge in [-0.1, -0.05) is 18.2 Å². The van der Waals surface area contributed by atoms with Crippen molar-refractivity contribution < 1.29 is 25.0 Å². The number of phenolic OH excluding ortho intramolecular Hbond substituents is 1. The fraction of sp³-hybridized carbons (Fsp3) is 0. The van der Waals surface area contributed by atoms with E-state index in [1.807, 2.05) is 0 Å². The van der Waals surface area contributed by atoms with E-state index in [4.69, 9.17) is 4.84 Å². The first-order valence-corrected chi connectivity index (χ1v) is 5.97. The number of hydrogen-bond donors (Lipinski definition) is 3.